The molecule has 3 heteroatoms. The number of rotatable bonds is 4. The summed E-state index contributed by atoms with van der Waals surface area (Å²) in [5.41, 5.74) is 2.18. The molecule has 19 heavy (non-hydrogen) atoms. The van der Waals surface area contributed by atoms with Crippen molar-refractivity contribution in [2.45, 2.75) is 66.0 Å². The average molecular weight is 278 g/mol. The molecule has 1 aromatic rings. The van der Waals surface area contributed by atoms with Crippen molar-refractivity contribution in [1.82, 2.24) is 10.3 Å². The molecule has 0 saturated heterocycles. The third kappa shape index (κ3) is 2.15. The molecule has 3 unspecified atom stereocenters. The van der Waals surface area contributed by atoms with Gasteiger partial charge < -0.3 is 5.32 Å². The lowest BCUT2D eigenvalue weighted by molar-refractivity contribution is 0.108. The van der Waals surface area contributed by atoms with E-state index >= 15 is 0 Å². The van der Waals surface area contributed by atoms with Crippen LogP contribution < -0.4 is 5.32 Å². The number of thiazole rings is 1. The topological polar surface area (TPSA) is 24.9 Å². The van der Waals surface area contributed by atoms with Gasteiger partial charge in [0.2, 0.25) is 0 Å². The normalized spacial score (nSPS) is 36.0. The maximum absolute atomic E-state index is 4.68. The van der Waals surface area contributed by atoms with Gasteiger partial charge in [-0.05, 0) is 42.4 Å². The number of nitrogens with one attached hydrogen (secondary N) is 1. The van der Waals surface area contributed by atoms with Gasteiger partial charge in [0.25, 0.3) is 0 Å². The lowest BCUT2D eigenvalue weighted by Crippen LogP contribution is -2.49. The summed E-state index contributed by atoms with van der Waals surface area (Å²) in [5, 5.41) is 7.32. The number of fused-ring (bicyclic) bond motifs is 2. The molecule has 2 saturated carbocycles. The van der Waals surface area contributed by atoms with Gasteiger partial charge in [-0.25, -0.2) is 4.98 Å². The van der Waals surface area contributed by atoms with E-state index in [1.54, 1.807) is 11.3 Å². The summed E-state index contributed by atoms with van der Waals surface area (Å²) in [5.74, 6) is 0.914. The van der Waals surface area contributed by atoms with Gasteiger partial charge >= 0.3 is 0 Å². The number of aryl methyl sites for hydroxylation is 1. The van der Waals surface area contributed by atoms with Crippen LogP contribution >= 0.6 is 11.3 Å². The van der Waals surface area contributed by atoms with Crippen molar-refractivity contribution in [3.63, 3.8) is 0 Å². The van der Waals surface area contributed by atoms with Crippen LogP contribution in [-0.4, -0.2) is 11.0 Å². The van der Waals surface area contributed by atoms with E-state index in [2.05, 4.69) is 43.4 Å². The molecule has 0 amide bonds. The molecule has 2 aliphatic rings. The lowest BCUT2D eigenvalue weighted by atomic mass is 9.68. The summed E-state index contributed by atoms with van der Waals surface area (Å²) < 4.78 is 0. The Kier molecular flexibility index (Phi) is 3.25. The molecule has 106 valence electrons. The molecule has 2 aliphatic carbocycles. The van der Waals surface area contributed by atoms with E-state index in [9.17, 15) is 0 Å². The minimum absolute atomic E-state index is 0.441. The van der Waals surface area contributed by atoms with Crippen LogP contribution in [0.25, 0.3) is 0 Å². The van der Waals surface area contributed by atoms with Crippen molar-refractivity contribution in [3.05, 3.63) is 16.1 Å². The van der Waals surface area contributed by atoms with Crippen LogP contribution in [0.2, 0.25) is 0 Å². The van der Waals surface area contributed by atoms with Crippen LogP contribution in [0.3, 0.4) is 0 Å². The molecule has 1 aromatic heterocycles. The van der Waals surface area contributed by atoms with E-state index < -0.39 is 0 Å². The van der Waals surface area contributed by atoms with Gasteiger partial charge in [0.15, 0.2) is 0 Å². The second-order valence-corrected chi connectivity index (χ2v) is 8.26. The van der Waals surface area contributed by atoms with Crippen molar-refractivity contribution in [2.24, 2.45) is 16.7 Å². The fraction of sp³-hybridized carbons (Fsp3) is 0.812. The summed E-state index contributed by atoms with van der Waals surface area (Å²) in [7, 11) is 0. The molecule has 0 aliphatic heterocycles. The Bertz CT molecular complexity index is 460. The summed E-state index contributed by atoms with van der Waals surface area (Å²) in [6.07, 6.45) is 5.29. The Morgan fingerprint density at radius 2 is 2.21 bits per heavy atom. The SMILES string of the molecule is CCc1nc(CNC2C3(C)CCC(C3)C2(C)C)cs1. The fourth-order valence-corrected chi connectivity index (χ4v) is 5.36. The third-order valence-electron chi connectivity index (χ3n) is 5.66. The predicted molar refractivity (Wildman–Crippen MR) is 81.3 cm³/mol. The van der Waals surface area contributed by atoms with E-state index in [-0.39, 0.29) is 0 Å². The monoisotopic (exact) mass is 278 g/mol. The molecular weight excluding hydrogens is 252 g/mol. The molecule has 2 bridgehead atoms. The van der Waals surface area contributed by atoms with Gasteiger partial charge in [-0.15, -0.1) is 11.3 Å². The second-order valence-electron chi connectivity index (χ2n) is 7.32. The first kappa shape index (κ1) is 13.6. The zero-order valence-corrected chi connectivity index (χ0v) is 13.4. The Morgan fingerprint density at radius 3 is 2.79 bits per heavy atom. The van der Waals surface area contributed by atoms with Crippen LogP contribution in [0.5, 0.6) is 0 Å². The first-order chi connectivity index (χ1) is 8.95. The zero-order valence-electron chi connectivity index (χ0n) is 12.6. The quantitative estimate of drug-likeness (QED) is 0.900. The summed E-state index contributed by atoms with van der Waals surface area (Å²) in [6, 6.07) is 0.644. The first-order valence-corrected chi connectivity index (χ1v) is 8.50. The molecule has 0 aromatic carbocycles. The van der Waals surface area contributed by atoms with E-state index in [0.29, 0.717) is 16.9 Å². The Labute approximate surface area is 121 Å². The first-order valence-electron chi connectivity index (χ1n) is 7.62. The van der Waals surface area contributed by atoms with Gasteiger partial charge in [-0.2, -0.15) is 0 Å². The smallest absolute Gasteiger partial charge is 0.0926 e. The number of hydrogen-bond donors (Lipinski definition) is 1. The summed E-state index contributed by atoms with van der Waals surface area (Å²) >= 11 is 1.80. The van der Waals surface area contributed by atoms with Gasteiger partial charge in [0.05, 0.1) is 10.7 Å². The van der Waals surface area contributed by atoms with Crippen molar-refractivity contribution < 1.29 is 0 Å². The van der Waals surface area contributed by atoms with E-state index in [0.717, 1.165) is 18.9 Å². The molecule has 3 rings (SSSR count). The highest BCUT2D eigenvalue weighted by Gasteiger charge is 2.58. The van der Waals surface area contributed by atoms with Crippen LogP contribution in [-0.2, 0) is 13.0 Å². The summed E-state index contributed by atoms with van der Waals surface area (Å²) in [6.45, 7) is 10.5. The highest BCUT2D eigenvalue weighted by Crippen LogP contribution is 2.62. The van der Waals surface area contributed by atoms with Crippen molar-refractivity contribution in [3.8, 4) is 0 Å². The molecular formula is C16H26N2S. The molecule has 2 nitrogen and oxygen atoms in total. The largest absolute Gasteiger partial charge is 0.307 e. The van der Waals surface area contributed by atoms with Crippen molar-refractivity contribution >= 4 is 11.3 Å². The van der Waals surface area contributed by atoms with Crippen LogP contribution in [0.15, 0.2) is 5.38 Å². The maximum Gasteiger partial charge on any atom is 0.0926 e. The Morgan fingerprint density at radius 1 is 1.42 bits per heavy atom. The number of hydrogen-bond acceptors (Lipinski definition) is 3. The Balaban J connectivity index is 1.69. The average Bonchev–Trinajstić information content (AvgIpc) is 2.99. The van der Waals surface area contributed by atoms with Gasteiger partial charge in [0, 0.05) is 18.0 Å². The third-order valence-corrected chi connectivity index (χ3v) is 6.70. The van der Waals surface area contributed by atoms with Crippen molar-refractivity contribution in [2.75, 3.05) is 0 Å². The molecule has 2 fully saturated rings. The zero-order chi connectivity index (χ0) is 13.7. The van der Waals surface area contributed by atoms with E-state index in [4.69, 9.17) is 0 Å². The van der Waals surface area contributed by atoms with Gasteiger partial charge in [-0.3, -0.25) is 0 Å². The Hall–Kier alpha value is -0.410. The molecule has 1 heterocycles. The minimum atomic E-state index is 0.441. The summed E-state index contributed by atoms with van der Waals surface area (Å²) in [4.78, 5) is 4.68. The number of nitrogens with zero attached hydrogens (tertiary/aromatic N) is 1. The van der Waals surface area contributed by atoms with Crippen LogP contribution in [0.4, 0.5) is 0 Å². The van der Waals surface area contributed by atoms with Crippen LogP contribution in [0.1, 0.15) is 57.7 Å². The van der Waals surface area contributed by atoms with Gasteiger partial charge in [0.1, 0.15) is 0 Å². The highest BCUT2D eigenvalue weighted by molar-refractivity contribution is 7.09. The maximum atomic E-state index is 4.68. The van der Waals surface area contributed by atoms with Crippen molar-refractivity contribution in [1.29, 1.82) is 0 Å². The molecule has 0 radical (unpaired) electrons. The van der Waals surface area contributed by atoms with E-state index in [1.807, 2.05) is 0 Å². The fourth-order valence-electron chi connectivity index (χ4n) is 4.61. The second kappa shape index (κ2) is 4.56. The predicted octanol–water partition coefficient (Wildman–Crippen LogP) is 4.01. The molecule has 3 atom stereocenters. The van der Waals surface area contributed by atoms with Gasteiger partial charge in [-0.1, -0.05) is 27.7 Å². The van der Waals surface area contributed by atoms with E-state index in [1.165, 1.54) is 30.0 Å². The highest BCUT2D eigenvalue weighted by atomic mass is 32.1. The standard InChI is InChI=1S/C16H26N2S/c1-5-13-18-12(10-19-13)9-17-14-15(2,3)11-6-7-16(14,4)8-11/h10-11,14,17H,5-9H2,1-4H3. The minimum Gasteiger partial charge on any atom is -0.307 e. The molecule has 0 spiro atoms. The lowest BCUT2D eigenvalue weighted by Gasteiger charge is -2.43. The molecule has 1 N–H and O–H groups in total. The van der Waals surface area contributed by atoms with Crippen LogP contribution in [0, 0.1) is 16.7 Å². The number of aromatic nitrogens is 1.